The van der Waals surface area contributed by atoms with E-state index in [1.54, 1.807) is 0 Å². The molecule has 0 aromatic heterocycles. The van der Waals surface area contributed by atoms with Crippen LogP contribution in [-0.2, 0) is 6.42 Å². The number of nitrogens with one attached hydrogen (secondary N) is 1. The summed E-state index contributed by atoms with van der Waals surface area (Å²) in [5.74, 6) is 0. The molecule has 1 heterocycles. The minimum Gasteiger partial charge on any atom is -0.308 e. The molecule has 0 bridgehead atoms. The predicted octanol–water partition coefficient (Wildman–Crippen LogP) is 3.65. The Morgan fingerprint density at radius 3 is 2.80 bits per heavy atom. The number of nitrogens with zero attached hydrogens (tertiary/aromatic N) is 1. The number of hydrogen-bond donors (Lipinski definition) is 1. The molecule has 0 radical (unpaired) electrons. The Kier molecular flexibility index (Phi) is 4.07. The van der Waals surface area contributed by atoms with E-state index in [-0.39, 0.29) is 5.41 Å². The van der Waals surface area contributed by atoms with E-state index in [4.69, 9.17) is 11.6 Å². The van der Waals surface area contributed by atoms with Crippen molar-refractivity contribution < 1.29 is 0 Å². The summed E-state index contributed by atoms with van der Waals surface area (Å²) >= 11 is 6.18. The number of benzene rings is 1. The van der Waals surface area contributed by atoms with Crippen LogP contribution in [0.3, 0.4) is 0 Å². The minimum atomic E-state index is 0.276. The van der Waals surface area contributed by atoms with Gasteiger partial charge in [0.2, 0.25) is 0 Å². The fraction of sp³-hybridized carbons (Fsp3) is 0.647. The van der Waals surface area contributed by atoms with E-state index in [1.807, 2.05) is 6.07 Å². The van der Waals surface area contributed by atoms with Gasteiger partial charge < -0.3 is 10.2 Å². The monoisotopic (exact) mass is 292 g/mol. The first-order chi connectivity index (χ1) is 9.56. The standard InChI is InChI=1S/C17H25ClN2/c1-17(2)12-13-5-6-14(18)11-15(13)16(17)19-7-10-20-8-3-4-9-20/h5-6,11,16,19H,3-4,7-10,12H2,1-2H3. The third-order valence-electron chi connectivity index (χ3n) is 4.82. The first-order valence-corrected chi connectivity index (χ1v) is 8.18. The Morgan fingerprint density at radius 2 is 2.05 bits per heavy atom. The minimum absolute atomic E-state index is 0.276. The van der Waals surface area contributed by atoms with Crippen LogP contribution in [-0.4, -0.2) is 31.1 Å². The second-order valence-electron chi connectivity index (χ2n) is 6.94. The van der Waals surface area contributed by atoms with E-state index >= 15 is 0 Å². The molecule has 20 heavy (non-hydrogen) atoms. The molecule has 3 heteroatoms. The van der Waals surface area contributed by atoms with Crippen molar-refractivity contribution in [1.29, 1.82) is 0 Å². The van der Waals surface area contributed by atoms with Crippen molar-refractivity contribution >= 4 is 11.6 Å². The molecule has 0 amide bonds. The lowest BCUT2D eigenvalue weighted by Crippen LogP contribution is -2.36. The molecule has 1 aromatic rings. The van der Waals surface area contributed by atoms with E-state index in [2.05, 4.69) is 36.2 Å². The van der Waals surface area contributed by atoms with Gasteiger partial charge in [0.25, 0.3) is 0 Å². The summed E-state index contributed by atoms with van der Waals surface area (Å²) in [5.41, 5.74) is 3.14. The summed E-state index contributed by atoms with van der Waals surface area (Å²) < 4.78 is 0. The van der Waals surface area contributed by atoms with Gasteiger partial charge in [-0.25, -0.2) is 0 Å². The number of rotatable bonds is 4. The zero-order valence-electron chi connectivity index (χ0n) is 12.6. The number of fused-ring (bicyclic) bond motifs is 1. The summed E-state index contributed by atoms with van der Waals surface area (Å²) in [6, 6.07) is 6.79. The Hall–Kier alpha value is -0.570. The molecular formula is C17H25ClN2. The molecule has 110 valence electrons. The molecule has 1 fully saturated rings. The smallest absolute Gasteiger partial charge is 0.0409 e. The van der Waals surface area contributed by atoms with Gasteiger partial charge in [-0.15, -0.1) is 0 Å². The summed E-state index contributed by atoms with van der Waals surface area (Å²) in [4.78, 5) is 2.56. The van der Waals surface area contributed by atoms with Crippen molar-refractivity contribution in [3.63, 3.8) is 0 Å². The number of likely N-dealkylation sites (tertiary alicyclic amines) is 1. The summed E-state index contributed by atoms with van der Waals surface area (Å²) in [7, 11) is 0. The SMILES string of the molecule is CC1(C)Cc2ccc(Cl)cc2C1NCCN1CCCC1. The van der Waals surface area contributed by atoms with Crippen molar-refractivity contribution in [2.24, 2.45) is 5.41 Å². The molecule has 1 unspecified atom stereocenters. The van der Waals surface area contributed by atoms with Crippen LogP contribution < -0.4 is 5.32 Å². The number of hydrogen-bond acceptors (Lipinski definition) is 2. The Morgan fingerprint density at radius 1 is 1.30 bits per heavy atom. The van der Waals surface area contributed by atoms with E-state index < -0.39 is 0 Å². The van der Waals surface area contributed by atoms with Crippen LogP contribution in [0, 0.1) is 5.41 Å². The van der Waals surface area contributed by atoms with E-state index in [1.165, 1.54) is 43.6 Å². The zero-order chi connectivity index (χ0) is 14.2. The van der Waals surface area contributed by atoms with Gasteiger partial charge in [0.1, 0.15) is 0 Å². The Balaban J connectivity index is 1.66. The van der Waals surface area contributed by atoms with E-state index in [0.717, 1.165) is 18.0 Å². The maximum atomic E-state index is 6.18. The maximum absolute atomic E-state index is 6.18. The first-order valence-electron chi connectivity index (χ1n) is 7.80. The molecule has 3 rings (SSSR count). The molecule has 1 atom stereocenters. The Labute approximate surface area is 127 Å². The molecule has 1 aliphatic heterocycles. The van der Waals surface area contributed by atoms with Crippen LogP contribution in [0.15, 0.2) is 18.2 Å². The van der Waals surface area contributed by atoms with Gasteiger partial charge in [0.05, 0.1) is 0 Å². The lowest BCUT2D eigenvalue weighted by Gasteiger charge is -2.29. The molecule has 1 aromatic carbocycles. The second-order valence-corrected chi connectivity index (χ2v) is 7.38. The molecule has 1 saturated heterocycles. The molecule has 2 aliphatic rings. The zero-order valence-corrected chi connectivity index (χ0v) is 13.3. The Bertz CT molecular complexity index is 478. The highest BCUT2D eigenvalue weighted by molar-refractivity contribution is 6.30. The molecule has 0 saturated carbocycles. The topological polar surface area (TPSA) is 15.3 Å². The molecule has 1 aliphatic carbocycles. The lowest BCUT2D eigenvalue weighted by molar-refractivity contribution is 0.252. The lowest BCUT2D eigenvalue weighted by atomic mass is 9.85. The largest absolute Gasteiger partial charge is 0.308 e. The number of halogens is 1. The first kappa shape index (κ1) is 14.4. The predicted molar refractivity (Wildman–Crippen MR) is 85.4 cm³/mol. The van der Waals surface area contributed by atoms with Crippen LogP contribution in [0.5, 0.6) is 0 Å². The second kappa shape index (κ2) is 5.67. The van der Waals surface area contributed by atoms with Crippen LogP contribution in [0.2, 0.25) is 5.02 Å². The summed E-state index contributed by atoms with van der Waals surface area (Å²) in [6.07, 6.45) is 3.88. The van der Waals surface area contributed by atoms with Gasteiger partial charge in [0.15, 0.2) is 0 Å². The molecule has 2 nitrogen and oxygen atoms in total. The van der Waals surface area contributed by atoms with Gasteiger partial charge in [-0.2, -0.15) is 0 Å². The van der Waals surface area contributed by atoms with Crippen LogP contribution in [0.1, 0.15) is 43.9 Å². The fourth-order valence-electron chi connectivity index (χ4n) is 3.77. The normalized spacial score (nSPS) is 25.1. The van der Waals surface area contributed by atoms with Crippen molar-refractivity contribution in [3.05, 3.63) is 34.3 Å². The van der Waals surface area contributed by atoms with Crippen LogP contribution >= 0.6 is 11.6 Å². The van der Waals surface area contributed by atoms with Crippen molar-refractivity contribution in [1.82, 2.24) is 10.2 Å². The van der Waals surface area contributed by atoms with E-state index in [0.29, 0.717) is 6.04 Å². The van der Waals surface area contributed by atoms with Gasteiger partial charge in [-0.3, -0.25) is 0 Å². The van der Waals surface area contributed by atoms with Gasteiger partial charge >= 0.3 is 0 Å². The molecular weight excluding hydrogens is 268 g/mol. The van der Waals surface area contributed by atoms with Crippen LogP contribution in [0.4, 0.5) is 0 Å². The molecule has 1 N–H and O–H groups in total. The van der Waals surface area contributed by atoms with Crippen LogP contribution in [0.25, 0.3) is 0 Å². The van der Waals surface area contributed by atoms with Crippen molar-refractivity contribution in [3.8, 4) is 0 Å². The average Bonchev–Trinajstić information content (AvgIpc) is 2.97. The van der Waals surface area contributed by atoms with Gasteiger partial charge in [-0.05, 0) is 61.0 Å². The highest BCUT2D eigenvalue weighted by atomic mass is 35.5. The highest BCUT2D eigenvalue weighted by Crippen LogP contribution is 2.45. The third kappa shape index (κ3) is 2.88. The van der Waals surface area contributed by atoms with Gasteiger partial charge in [-0.1, -0.05) is 31.5 Å². The van der Waals surface area contributed by atoms with E-state index in [9.17, 15) is 0 Å². The highest BCUT2D eigenvalue weighted by Gasteiger charge is 2.38. The maximum Gasteiger partial charge on any atom is 0.0409 e. The summed E-state index contributed by atoms with van der Waals surface area (Å²) in [5, 5.41) is 4.64. The van der Waals surface area contributed by atoms with Crippen molar-refractivity contribution in [2.45, 2.75) is 39.2 Å². The van der Waals surface area contributed by atoms with Crippen molar-refractivity contribution in [2.75, 3.05) is 26.2 Å². The van der Waals surface area contributed by atoms with Gasteiger partial charge in [0, 0.05) is 24.2 Å². The summed E-state index contributed by atoms with van der Waals surface area (Å²) in [6.45, 7) is 9.50. The quantitative estimate of drug-likeness (QED) is 0.911. The third-order valence-corrected chi connectivity index (χ3v) is 5.06. The molecule has 0 spiro atoms. The average molecular weight is 293 g/mol. The fourth-order valence-corrected chi connectivity index (χ4v) is 3.95.